The van der Waals surface area contributed by atoms with Crippen molar-refractivity contribution in [2.24, 2.45) is 0 Å². The second kappa shape index (κ2) is 4.31. The van der Waals surface area contributed by atoms with Gasteiger partial charge in [0.1, 0.15) is 5.82 Å². The first kappa shape index (κ1) is 10.6. The molecule has 0 aromatic heterocycles. The molecule has 0 radical (unpaired) electrons. The van der Waals surface area contributed by atoms with Gasteiger partial charge in [-0.25, -0.2) is 4.39 Å². The van der Waals surface area contributed by atoms with Crippen LogP contribution in [0.2, 0.25) is 0 Å². The first-order valence-electron chi connectivity index (χ1n) is 4.93. The number of halogens is 2. The summed E-state index contributed by atoms with van der Waals surface area (Å²) in [6, 6.07) is 4.61. The summed E-state index contributed by atoms with van der Waals surface area (Å²) < 4.78 is 14.0. The molecule has 2 nitrogen and oxygen atoms in total. The van der Waals surface area contributed by atoms with E-state index >= 15 is 0 Å². The highest BCUT2D eigenvalue weighted by atomic mass is 79.9. The molecule has 1 saturated carbocycles. The van der Waals surface area contributed by atoms with Crippen molar-refractivity contribution in [3.8, 4) is 0 Å². The third kappa shape index (κ3) is 2.37. The molecule has 1 aliphatic rings. The second-order valence-corrected chi connectivity index (χ2v) is 4.64. The van der Waals surface area contributed by atoms with Gasteiger partial charge in [0.15, 0.2) is 0 Å². The minimum atomic E-state index is -0.477. The van der Waals surface area contributed by atoms with Gasteiger partial charge >= 0.3 is 0 Å². The van der Waals surface area contributed by atoms with Crippen LogP contribution in [0.1, 0.15) is 29.6 Å². The lowest BCUT2D eigenvalue weighted by Gasteiger charge is -2.26. The molecule has 0 atom stereocenters. The maximum Gasteiger partial charge on any atom is 0.254 e. The van der Waals surface area contributed by atoms with Gasteiger partial charge in [0.2, 0.25) is 0 Å². The molecule has 1 N–H and O–H groups in total. The first-order chi connectivity index (χ1) is 7.16. The molecule has 15 heavy (non-hydrogen) atoms. The Balaban J connectivity index is 2.12. The Morgan fingerprint density at radius 2 is 2.20 bits per heavy atom. The number of hydrogen-bond acceptors (Lipinski definition) is 1. The lowest BCUT2D eigenvalue weighted by atomic mass is 9.93. The van der Waals surface area contributed by atoms with Crippen LogP contribution in [-0.4, -0.2) is 11.9 Å². The van der Waals surface area contributed by atoms with E-state index in [2.05, 4.69) is 21.2 Å². The van der Waals surface area contributed by atoms with E-state index in [0.717, 1.165) is 19.3 Å². The monoisotopic (exact) mass is 271 g/mol. The van der Waals surface area contributed by atoms with E-state index in [-0.39, 0.29) is 17.5 Å². The van der Waals surface area contributed by atoms with E-state index in [0.29, 0.717) is 4.47 Å². The molecule has 4 heteroatoms. The lowest BCUT2D eigenvalue weighted by Crippen LogP contribution is -2.39. The molecule has 1 amide bonds. The molecule has 0 heterocycles. The fourth-order valence-electron chi connectivity index (χ4n) is 1.49. The Labute approximate surface area is 96.0 Å². The summed E-state index contributed by atoms with van der Waals surface area (Å²) in [5.41, 5.74) is 0.108. The van der Waals surface area contributed by atoms with E-state index < -0.39 is 5.82 Å². The number of benzene rings is 1. The van der Waals surface area contributed by atoms with Crippen LogP contribution in [0.25, 0.3) is 0 Å². The quantitative estimate of drug-likeness (QED) is 0.881. The van der Waals surface area contributed by atoms with Crippen molar-refractivity contribution in [2.75, 3.05) is 0 Å². The molecule has 0 spiro atoms. The zero-order valence-corrected chi connectivity index (χ0v) is 9.68. The van der Waals surface area contributed by atoms with E-state index in [1.54, 1.807) is 6.07 Å². The maximum absolute atomic E-state index is 13.3. The van der Waals surface area contributed by atoms with Crippen LogP contribution in [0.15, 0.2) is 22.7 Å². The summed E-state index contributed by atoms with van der Waals surface area (Å²) in [6.45, 7) is 0. The van der Waals surface area contributed by atoms with Crippen molar-refractivity contribution in [1.29, 1.82) is 0 Å². The van der Waals surface area contributed by atoms with Gasteiger partial charge in [-0.3, -0.25) is 4.79 Å². The maximum atomic E-state index is 13.3. The second-order valence-electron chi connectivity index (χ2n) is 3.73. The van der Waals surface area contributed by atoms with Crippen molar-refractivity contribution in [3.05, 3.63) is 34.1 Å². The third-order valence-electron chi connectivity index (χ3n) is 2.61. The van der Waals surface area contributed by atoms with Gasteiger partial charge in [0.25, 0.3) is 5.91 Å². The lowest BCUT2D eigenvalue weighted by molar-refractivity contribution is 0.0913. The summed E-state index contributed by atoms with van der Waals surface area (Å²) in [6.07, 6.45) is 3.15. The molecule has 0 unspecified atom stereocenters. The normalized spacial score (nSPS) is 15.9. The predicted molar refractivity (Wildman–Crippen MR) is 59.2 cm³/mol. The van der Waals surface area contributed by atoms with Gasteiger partial charge in [-0.2, -0.15) is 0 Å². The van der Waals surface area contributed by atoms with Gasteiger partial charge in [0.05, 0.1) is 5.56 Å². The number of carbonyl (C=O) groups excluding carboxylic acids is 1. The van der Waals surface area contributed by atoms with E-state index in [9.17, 15) is 9.18 Å². The molecule has 1 fully saturated rings. The summed E-state index contributed by atoms with van der Waals surface area (Å²) in [5, 5.41) is 2.80. The summed E-state index contributed by atoms with van der Waals surface area (Å²) in [5.74, 6) is -0.798. The summed E-state index contributed by atoms with van der Waals surface area (Å²) in [7, 11) is 0. The Hall–Kier alpha value is -0.900. The molecule has 0 aliphatic heterocycles. The average Bonchev–Trinajstić information content (AvgIpc) is 2.15. The molecule has 0 saturated heterocycles. The number of amides is 1. The van der Waals surface area contributed by atoms with Gasteiger partial charge in [-0.15, -0.1) is 0 Å². The average molecular weight is 272 g/mol. The first-order valence-corrected chi connectivity index (χ1v) is 5.72. The highest BCUT2D eigenvalue weighted by Gasteiger charge is 2.21. The molecular formula is C11H11BrFNO. The largest absolute Gasteiger partial charge is 0.349 e. The van der Waals surface area contributed by atoms with Crippen LogP contribution in [0.3, 0.4) is 0 Å². The van der Waals surface area contributed by atoms with Crippen LogP contribution in [0, 0.1) is 5.82 Å². The topological polar surface area (TPSA) is 29.1 Å². The Morgan fingerprint density at radius 1 is 1.47 bits per heavy atom. The number of nitrogens with one attached hydrogen (secondary N) is 1. The van der Waals surface area contributed by atoms with E-state index in [4.69, 9.17) is 0 Å². The van der Waals surface area contributed by atoms with Crippen molar-refractivity contribution < 1.29 is 9.18 Å². The van der Waals surface area contributed by atoms with Crippen LogP contribution in [0.5, 0.6) is 0 Å². The highest BCUT2D eigenvalue weighted by Crippen LogP contribution is 2.20. The summed E-state index contributed by atoms with van der Waals surface area (Å²) >= 11 is 3.22. The van der Waals surface area contributed by atoms with Crippen LogP contribution in [-0.2, 0) is 0 Å². The minimum Gasteiger partial charge on any atom is -0.349 e. The van der Waals surface area contributed by atoms with Crippen molar-refractivity contribution in [1.82, 2.24) is 5.32 Å². The molecule has 1 aromatic carbocycles. The molecular weight excluding hydrogens is 261 g/mol. The highest BCUT2D eigenvalue weighted by molar-refractivity contribution is 9.10. The fourth-order valence-corrected chi connectivity index (χ4v) is 1.85. The smallest absolute Gasteiger partial charge is 0.254 e. The Bertz CT molecular complexity index is 390. The Morgan fingerprint density at radius 3 is 2.80 bits per heavy atom. The SMILES string of the molecule is O=C(NC1CCC1)c1cc(Br)ccc1F. The molecule has 80 valence electrons. The van der Waals surface area contributed by atoms with Crippen LogP contribution >= 0.6 is 15.9 Å². The van der Waals surface area contributed by atoms with Gasteiger partial charge in [-0.1, -0.05) is 15.9 Å². The predicted octanol–water partition coefficient (Wildman–Crippen LogP) is 2.87. The molecule has 1 aliphatic carbocycles. The third-order valence-corrected chi connectivity index (χ3v) is 3.11. The molecule has 2 rings (SSSR count). The number of hydrogen-bond donors (Lipinski definition) is 1. The van der Waals surface area contributed by atoms with Gasteiger partial charge in [0, 0.05) is 10.5 Å². The fraction of sp³-hybridized carbons (Fsp3) is 0.364. The molecule has 0 bridgehead atoms. The zero-order chi connectivity index (χ0) is 10.8. The Kier molecular flexibility index (Phi) is 3.05. The zero-order valence-electron chi connectivity index (χ0n) is 8.09. The summed E-state index contributed by atoms with van der Waals surface area (Å²) in [4.78, 5) is 11.6. The van der Waals surface area contributed by atoms with E-state index in [1.165, 1.54) is 12.1 Å². The van der Waals surface area contributed by atoms with Crippen molar-refractivity contribution >= 4 is 21.8 Å². The number of rotatable bonds is 2. The minimum absolute atomic E-state index is 0.108. The van der Waals surface area contributed by atoms with Gasteiger partial charge in [-0.05, 0) is 37.5 Å². The van der Waals surface area contributed by atoms with Crippen molar-refractivity contribution in [3.63, 3.8) is 0 Å². The standard InChI is InChI=1S/C11H11BrFNO/c12-7-4-5-10(13)9(6-7)11(15)14-8-2-1-3-8/h4-6,8H,1-3H2,(H,14,15). The molecule has 1 aromatic rings. The van der Waals surface area contributed by atoms with Gasteiger partial charge < -0.3 is 5.32 Å². The van der Waals surface area contributed by atoms with E-state index in [1.807, 2.05) is 0 Å². The van der Waals surface area contributed by atoms with Crippen LogP contribution < -0.4 is 5.32 Å². The van der Waals surface area contributed by atoms with Crippen molar-refractivity contribution in [2.45, 2.75) is 25.3 Å². The van der Waals surface area contributed by atoms with Crippen LogP contribution in [0.4, 0.5) is 4.39 Å². The number of carbonyl (C=O) groups is 1.